The van der Waals surface area contributed by atoms with E-state index in [0.717, 1.165) is 10.7 Å². The van der Waals surface area contributed by atoms with Crippen LogP contribution >= 0.6 is 11.5 Å². The summed E-state index contributed by atoms with van der Waals surface area (Å²) in [6.07, 6.45) is 0.411. The van der Waals surface area contributed by atoms with Crippen LogP contribution in [0.1, 0.15) is 29.4 Å². The number of Topliss-reactive ketones (excluding diaryl/α,β-unsaturated/α-hetero) is 1. The number of rotatable bonds is 5. The highest BCUT2D eigenvalue weighted by Gasteiger charge is 2.18. The van der Waals surface area contributed by atoms with Crippen LogP contribution in [0.3, 0.4) is 0 Å². The van der Waals surface area contributed by atoms with Crippen molar-refractivity contribution < 1.29 is 14.3 Å². The lowest BCUT2D eigenvalue weighted by Gasteiger charge is -2.26. The van der Waals surface area contributed by atoms with E-state index in [2.05, 4.69) is 9.69 Å². The highest BCUT2D eigenvalue weighted by molar-refractivity contribution is 7.10. The van der Waals surface area contributed by atoms with Crippen LogP contribution in [-0.2, 0) is 9.53 Å². The van der Waals surface area contributed by atoms with E-state index in [1.807, 2.05) is 11.8 Å². The second kappa shape index (κ2) is 6.81. The fourth-order valence-corrected chi connectivity index (χ4v) is 3.03. The molecule has 0 spiro atoms. The Kier molecular flexibility index (Phi) is 5.08. The van der Waals surface area contributed by atoms with Gasteiger partial charge in [-0.25, -0.2) is 0 Å². The van der Waals surface area contributed by atoms with E-state index in [1.54, 1.807) is 0 Å². The predicted octanol–water partition coefficient (Wildman–Crippen LogP) is 1.31. The van der Waals surface area contributed by atoms with Crippen molar-refractivity contribution in [3.63, 3.8) is 0 Å². The molecule has 1 fully saturated rings. The lowest BCUT2D eigenvalue weighted by atomic mass is 10.2. The van der Waals surface area contributed by atoms with Gasteiger partial charge in [0.15, 0.2) is 5.78 Å². The van der Waals surface area contributed by atoms with Gasteiger partial charge in [0.25, 0.3) is 0 Å². The Morgan fingerprint density at radius 3 is 2.75 bits per heavy atom. The van der Waals surface area contributed by atoms with Crippen LogP contribution in [0.25, 0.3) is 0 Å². The summed E-state index contributed by atoms with van der Waals surface area (Å²) in [5.74, 6) is 0.115. The molecule has 0 aromatic carbocycles. The van der Waals surface area contributed by atoms with Crippen molar-refractivity contribution in [1.82, 2.24) is 9.27 Å². The van der Waals surface area contributed by atoms with E-state index in [4.69, 9.17) is 4.74 Å². The third-order valence-electron chi connectivity index (χ3n) is 3.20. The number of hydrogen-bond donors (Lipinski definition) is 1. The van der Waals surface area contributed by atoms with Crippen LogP contribution in [0.2, 0.25) is 0 Å². The van der Waals surface area contributed by atoms with Crippen LogP contribution in [0.5, 0.6) is 0 Å². The number of nitrogens with zero attached hydrogens (tertiary/aromatic N) is 2. The number of amides is 1. The van der Waals surface area contributed by atoms with Crippen LogP contribution in [-0.4, -0.2) is 53.8 Å². The lowest BCUT2D eigenvalue weighted by Crippen LogP contribution is -2.41. The molecule has 1 aliphatic rings. The van der Waals surface area contributed by atoms with Gasteiger partial charge in [-0.2, -0.15) is 4.37 Å². The molecule has 1 aliphatic heterocycles. The molecule has 1 aromatic heterocycles. The van der Waals surface area contributed by atoms with Crippen molar-refractivity contribution in [3.8, 4) is 0 Å². The summed E-state index contributed by atoms with van der Waals surface area (Å²) in [5, 5.41) is 3.90. The molecule has 1 aromatic rings. The molecule has 110 valence electrons. The molecular weight excluding hydrogens is 278 g/mol. The van der Waals surface area contributed by atoms with Crippen molar-refractivity contribution in [1.29, 1.82) is 0 Å². The number of aromatic nitrogens is 1. The minimum Gasteiger partial charge on any atom is -0.378 e. The number of carbonyl (C=O) groups excluding carboxylic acids is 2. The minimum atomic E-state index is -0.00161. The Hall–Kier alpha value is -1.47. The second-order valence-electron chi connectivity index (χ2n) is 4.70. The van der Waals surface area contributed by atoms with Gasteiger partial charge in [-0.3, -0.25) is 9.59 Å². The molecule has 0 radical (unpaired) electrons. The van der Waals surface area contributed by atoms with Gasteiger partial charge >= 0.3 is 0 Å². The van der Waals surface area contributed by atoms with E-state index in [9.17, 15) is 9.59 Å². The average molecular weight is 297 g/mol. The van der Waals surface area contributed by atoms with Gasteiger partial charge in [0.1, 0.15) is 5.00 Å². The van der Waals surface area contributed by atoms with Crippen LogP contribution in [0, 0.1) is 6.92 Å². The van der Waals surface area contributed by atoms with E-state index in [-0.39, 0.29) is 11.7 Å². The van der Waals surface area contributed by atoms with Gasteiger partial charge < -0.3 is 15.0 Å². The SMILES string of the molecule is CC(=O)c1c(C)nsc1NCCC(=O)N1CCOCC1. The number of morpholine rings is 1. The first kappa shape index (κ1) is 14.9. The average Bonchev–Trinajstić information content (AvgIpc) is 2.81. The summed E-state index contributed by atoms with van der Waals surface area (Å²) < 4.78 is 9.39. The largest absolute Gasteiger partial charge is 0.378 e. The first-order chi connectivity index (χ1) is 9.59. The molecule has 0 bridgehead atoms. The van der Waals surface area contributed by atoms with Gasteiger partial charge in [-0.05, 0) is 25.4 Å². The highest BCUT2D eigenvalue weighted by atomic mass is 32.1. The van der Waals surface area contributed by atoms with Gasteiger partial charge in [0, 0.05) is 26.1 Å². The maximum Gasteiger partial charge on any atom is 0.224 e. The molecular formula is C13H19N3O3S. The first-order valence-corrected chi connectivity index (χ1v) is 7.43. The second-order valence-corrected chi connectivity index (χ2v) is 5.47. The van der Waals surface area contributed by atoms with E-state index < -0.39 is 0 Å². The van der Waals surface area contributed by atoms with Crippen LogP contribution in [0.4, 0.5) is 5.00 Å². The van der Waals surface area contributed by atoms with Crippen molar-refractivity contribution >= 4 is 28.2 Å². The zero-order valence-electron chi connectivity index (χ0n) is 11.8. The third-order valence-corrected chi connectivity index (χ3v) is 4.10. The van der Waals surface area contributed by atoms with Crippen molar-refractivity contribution in [2.24, 2.45) is 0 Å². The Morgan fingerprint density at radius 2 is 2.10 bits per heavy atom. The van der Waals surface area contributed by atoms with Crippen molar-refractivity contribution in [2.75, 3.05) is 38.2 Å². The van der Waals surface area contributed by atoms with Crippen molar-refractivity contribution in [2.45, 2.75) is 20.3 Å². The van der Waals surface area contributed by atoms with E-state index in [1.165, 1.54) is 18.5 Å². The maximum atomic E-state index is 12.0. The number of nitrogens with one attached hydrogen (secondary N) is 1. The summed E-state index contributed by atoms with van der Waals surface area (Å²) in [6.45, 7) is 6.41. The molecule has 2 heterocycles. The fraction of sp³-hybridized carbons (Fsp3) is 0.615. The third kappa shape index (κ3) is 3.55. The minimum absolute atomic E-state index is 0.00161. The van der Waals surface area contributed by atoms with Gasteiger partial charge in [0.2, 0.25) is 5.91 Å². The highest BCUT2D eigenvalue weighted by Crippen LogP contribution is 2.24. The molecule has 6 nitrogen and oxygen atoms in total. The molecule has 1 saturated heterocycles. The fourth-order valence-electron chi connectivity index (χ4n) is 2.16. The number of ketones is 1. The first-order valence-electron chi connectivity index (χ1n) is 6.66. The lowest BCUT2D eigenvalue weighted by molar-refractivity contribution is -0.134. The van der Waals surface area contributed by atoms with Gasteiger partial charge in [-0.15, -0.1) is 0 Å². The molecule has 2 rings (SSSR count). The summed E-state index contributed by atoms with van der Waals surface area (Å²) in [4.78, 5) is 25.3. The molecule has 1 amide bonds. The standard InChI is InChI=1S/C13H19N3O3S/c1-9-12(10(2)17)13(20-15-9)14-4-3-11(18)16-5-7-19-8-6-16/h14H,3-8H2,1-2H3. The molecule has 0 unspecified atom stereocenters. The number of hydrogen-bond acceptors (Lipinski definition) is 6. The van der Waals surface area contributed by atoms with E-state index >= 15 is 0 Å². The summed E-state index contributed by atoms with van der Waals surface area (Å²) in [6, 6.07) is 0. The Bertz CT molecular complexity index is 495. The monoisotopic (exact) mass is 297 g/mol. The quantitative estimate of drug-likeness (QED) is 0.830. The number of aryl methyl sites for hydroxylation is 1. The van der Waals surface area contributed by atoms with Gasteiger partial charge in [-0.1, -0.05) is 0 Å². The molecule has 0 saturated carbocycles. The maximum absolute atomic E-state index is 12.0. The van der Waals surface area contributed by atoms with Crippen LogP contribution < -0.4 is 5.32 Å². The van der Waals surface area contributed by atoms with E-state index in [0.29, 0.717) is 44.8 Å². The summed E-state index contributed by atoms with van der Waals surface area (Å²) >= 11 is 1.26. The Balaban J connectivity index is 1.83. The predicted molar refractivity (Wildman–Crippen MR) is 77.4 cm³/mol. The number of anilines is 1. The molecule has 1 N–H and O–H groups in total. The van der Waals surface area contributed by atoms with Crippen LogP contribution in [0.15, 0.2) is 0 Å². The van der Waals surface area contributed by atoms with Crippen molar-refractivity contribution in [3.05, 3.63) is 11.3 Å². The zero-order valence-corrected chi connectivity index (χ0v) is 12.6. The number of carbonyl (C=O) groups is 2. The van der Waals surface area contributed by atoms with Gasteiger partial charge in [0.05, 0.1) is 24.5 Å². The summed E-state index contributed by atoms with van der Waals surface area (Å²) in [5.41, 5.74) is 1.37. The Morgan fingerprint density at radius 1 is 1.40 bits per heavy atom. The topological polar surface area (TPSA) is 71.5 Å². The smallest absolute Gasteiger partial charge is 0.224 e. The molecule has 20 heavy (non-hydrogen) atoms. The Labute approximate surface area is 122 Å². The normalized spacial score (nSPS) is 15.2. The molecule has 0 atom stereocenters. The molecule has 0 aliphatic carbocycles. The zero-order chi connectivity index (χ0) is 14.5. The summed E-state index contributed by atoms with van der Waals surface area (Å²) in [7, 11) is 0. The molecule has 7 heteroatoms. The number of ether oxygens (including phenoxy) is 1.